The number of nitro benzene ring substituents is 1. The van der Waals surface area contributed by atoms with Gasteiger partial charge in [0.05, 0.1) is 16.3 Å². The van der Waals surface area contributed by atoms with Crippen LogP contribution in [0.15, 0.2) is 53.9 Å². The van der Waals surface area contributed by atoms with E-state index in [4.69, 9.17) is 0 Å². The number of hydrogen-bond acceptors (Lipinski definition) is 5. The van der Waals surface area contributed by atoms with E-state index in [1.54, 1.807) is 22.3 Å². The van der Waals surface area contributed by atoms with E-state index in [2.05, 4.69) is 4.98 Å². The third-order valence-corrected chi connectivity index (χ3v) is 5.58. The van der Waals surface area contributed by atoms with Gasteiger partial charge in [-0.2, -0.15) is 0 Å². The molecule has 7 heteroatoms. The first kappa shape index (κ1) is 17.4. The summed E-state index contributed by atoms with van der Waals surface area (Å²) in [5, 5.41) is 13.9. The number of fused-ring (bicyclic) bond motifs is 1. The minimum atomic E-state index is -0.429. The molecule has 0 saturated carbocycles. The van der Waals surface area contributed by atoms with Gasteiger partial charge in [-0.3, -0.25) is 14.9 Å². The number of aryl methyl sites for hydroxylation is 1. The number of rotatable bonds is 5. The smallest absolute Gasteiger partial charge is 0.271 e. The predicted molar refractivity (Wildman–Crippen MR) is 105 cm³/mol. The molecule has 0 unspecified atom stereocenters. The highest BCUT2D eigenvalue weighted by atomic mass is 32.1. The van der Waals surface area contributed by atoms with Crippen molar-refractivity contribution in [2.45, 2.75) is 19.3 Å². The number of benzene rings is 2. The lowest BCUT2D eigenvalue weighted by Crippen LogP contribution is -2.29. The zero-order valence-corrected chi connectivity index (χ0v) is 15.3. The summed E-state index contributed by atoms with van der Waals surface area (Å²) in [6, 6.07) is 14.7. The number of aromatic nitrogens is 1. The summed E-state index contributed by atoms with van der Waals surface area (Å²) in [5.41, 5.74) is 3.62. The van der Waals surface area contributed by atoms with Crippen LogP contribution in [0.5, 0.6) is 0 Å². The fourth-order valence-electron chi connectivity index (χ4n) is 3.25. The second-order valence-corrected chi connectivity index (χ2v) is 7.23. The first-order valence-electron chi connectivity index (χ1n) is 8.69. The van der Waals surface area contributed by atoms with Gasteiger partial charge in [0.2, 0.25) is 5.91 Å². The molecule has 0 N–H and O–H groups in total. The molecule has 4 rings (SSSR count). The Morgan fingerprint density at radius 3 is 2.81 bits per heavy atom. The third kappa shape index (κ3) is 3.59. The van der Waals surface area contributed by atoms with Crippen molar-refractivity contribution in [3.05, 3.63) is 75.3 Å². The van der Waals surface area contributed by atoms with E-state index in [0.717, 1.165) is 28.2 Å². The molecule has 0 spiro atoms. The number of amides is 1. The van der Waals surface area contributed by atoms with Crippen molar-refractivity contribution in [2.24, 2.45) is 0 Å². The molecule has 0 atom stereocenters. The lowest BCUT2D eigenvalue weighted by molar-refractivity contribution is -0.384. The van der Waals surface area contributed by atoms with Gasteiger partial charge in [-0.25, -0.2) is 4.98 Å². The van der Waals surface area contributed by atoms with Crippen molar-refractivity contribution in [2.75, 3.05) is 11.4 Å². The van der Waals surface area contributed by atoms with E-state index < -0.39 is 4.92 Å². The van der Waals surface area contributed by atoms with Crippen molar-refractivity contribution >= 4 is 28.6 Å². The van der Waals surface area contributed by atoms with Crippen LogP contribution >= 0.6 is 11.3 Å². The van der Waals surface area contributed by atoms with Crippen LogP contribution in [-0.4, -0.2) is 22.4 Å². The van der Waals surface area contributed by atoms with Gasteiger partial charge in [-0.15, -0.1) is 11.3 Å². The second-order valence-electron chi connectivity index (χ2n) is 6.38. The molecule has 3 aromatic rings. The predicted octanol–water partition coefficient (Wildman–Crippen LogP) is 4.24. The number of hydrogen-bond donors (Lipinski definition) is 0. The number of thiazole rings is 1. The molecule has 2 heterocycles. The van der Waals surface area contributed by atoms with Gasteiger partial charge in [0.25, 0.3) is 5.69 Å². The van der Waals surface area contributed by atoms with Gasteiger partial charge in [0, 0.05) is 36.0 Å². The Labute approximate surface area is 160 Å². The minimum absolute atomic E-state index is 0.0143. The Balaban J connectivity index is 1.44. The molecule has 1 aliphatic rings. The Kier molecular flexibility index (Phi) is 4.68. The summed E-state index contributed by atoms with van der Waals surface area (Å²) in [5.74, 6) is -0.0245. The summed E-state index contributed by atoms with van der Waals surface area (Å²) < 4.78 is 0. The summed E-state index contributed by atoms with van der Waals surface area (Å²) in [4.78, 5) is 29.5. The summed E-state index contributed by atoms with van der Waals surface area (Å²) in [6.07, 6.45) is 1.62. The number of nitrogens with zero attached hydrogens (tertiary/aromatic N) is 3. The Morgan fingerprint density at radius 2 is 2.04 bits per heavy atom. The average molecular weight is 379 g/mol. The number of carbonyl (C=O) groups excluding carboxylic acids is 1. The molecule has 136 valence electrons. The second kappa shape index (κ2) is 7.28. The SMILES string of the molecule is O=C(CCc1csc(-c2ccccc2)n1)N1CCc2ccc([N+](=O)[O-])cc21. The van der Waals surface area contributed by atoms with Crippen molar-refractivity contribution in [3.63, 3.8) is 0 Å². The summed E-state index contributed by atoms with van der Waals surface area (Å²) in [6.45, 7) is 0.571. The van der Waals surface area contributed by atoms with Crippen molar-refractivity contribution < 1.29 is 9.72 Å². The van der Waals surface area contributed by atoms with E-state index in [1.807, 2.05) is 35.7 Å². The minimum Gasteiger partial charge on any atom is -0.312 e. The summed E-state index contributed by atoms with van der Waals surface area (Å²) >= 11 is 1.57. The number of non-ortho nitro benzene ring substituents is 1. The Morgan fingerprint density at radius 1 is 1.22 bits per heavy atom. The monoisotopic (exact) mass is 379 g/mol. The van der Waals surface area contributed by atoms with Crippen LogP contribution in [0, 0.1) is 10.1 Å². The molecule has 0 bridgehead atoms. The molecule has 2 aromatic carbocycles. The van der Waals surface area contributed by atoms with Gasteiger partial charge in [-0.1, -0.05) is 36.4 Å². The van der Waals surface area contributed by atoms with Crippen LogP contribution in [0.3, 0.4) is 0 Å². The number of nitro groups is 1. The molecular weight excluding hydrogens is 362 g/mol. The Bertz CT molecular complexity index is 1000. The van der Waals surface area contributed by atoms with Gasteiger partial charge >= 0.3 is 0 Å². The lowest BCUT2D eigenvalue weighted by Gasteiger charge is -2.16. The van der Waals surface area contributed by atoms with Crippen molar-refractivity contribution in [3.8, 4) is 10.6 Å². The molecule has 1 aliphatic heterocycles. The van der Waals surface area contributed by atoms with E-state index in [-0.39, 0.29) is 11.6 Å². The van der Waals surface area contributed by atoms with Crippen LogP contribution < -0.4 is 4.90 Å². The molecule has 0 fully saturated rings. The van der Waals surface area contributed by atoms with E-state index >= 15 is 0 Å². The van der Waals surface area contributed by atoms with Crippen molar-refractivity contribution in [1.82, 2.24) is 4.98 Å². The fourth-order valence-corrected chi connectivity index (χ4v) is 4.11. The fraction of sp³-hybridized carbons (Fsp3) is 0.200. The first-order valence-corrected chi connectivity index (χ1v) is 9.57. The molecular formula is C20H17N3O3S. The molecule has 27 heavy (non-hydrogen) atoms. The molecule has 0 radical (unpaired) electrons. The zero-order chi connectivity index (χ0) is 18.8. The maximum Gasteiger partial charge on any atom is 0.271 e. The maximum absolute atomic E-state index is 12.7. The zero-order valence-electron chi connectivity index (χ0n) is 14.5. The van der Waals surface area contributed by atoms with Gasteiger partial charge in [-0.05, 0) is 18.4 Å². The third-order valence-electron chi connectivity index (χ3n) is 4.64. The highest BCUT2D eigenvalue weighted by molar-refractivity contribution is 7.13. The molecule has 6 nitrogen and oxygen atoms in total. The van der Waals surface area contributed by atoms with Crippen LogP contribution in [-0.2, 0) is 17.6 Å². The number of carbonyl (C=O) groups is 1. The van der Waals surface area contributed by atoms with Gasteiger partial charge in [0.1, 0.15) is 5.01 Å². The number of anilines is 1. The normalized spacial score (nSPS) is 12.8. The average Bonchev–Trinajstić information content (AvgIpc) is 3.33. The maximum atomic E-state index is 12.7. The summed E-state index contributed by atoms with van der Waals surface area (Å²) in [7, 11) is 0. The highest BCUT2D eigenvalue weighted by Crippen LogP contribution is 2.32. The van der Waals surface area contributed by atoms with Gasteiger partial charge < -0.3 is 4.90 Å². The van der Waals surface area contributed by atoms with Gasteiger partial charge in [0.15, 0.2) is 0 Å². The standard InChI is InChI=1S/C20H17N3O3S/c24-19(22-11-10-14-6-8-17(23(25)26)12-18(14)22)9-7-16-13-27-20(21-16)15-4-2-1-3-5-15/h1-6,8,12-13H,7,9-11H2. The Hall–Kier alpha value is -3.06. The van der Waals surface area contributed by atoms with E-state index in [9.17, 15) is 14.9 Å². The molecule has 1 amide bonds. The molecule has 1 aromatic heterocycles. The molecule has 0 aliphatic carbocycles. The first-order chi connectivity index (χ1) is 13.1. The highest BCUT2D eigenvalue weighted by Gasteiger charge is 2.26. The van der Waals surface area contributed by atoms with E-state index in [1.165, 1.54) is 12.1 Å². The van der Waals surface area contributed by atoms with Crippen LogP contribution in [0.1, 0.15) is 17.7 Å². The quantitative estimate of drug-likeness (QED) is 0.491. The lowest BCUT2D eigenvalue weighted by atomic mass is 10.1. The van der Waals surface area contributed by atoms with Crippen LogP contribution in [0.25, 0.3) is 10.6 Å². The van der Waals surface area contributed by atoms with E-state index in [0.29, 0.717) is 25.1 Å². The van der Waals surface area contributed by atoms with Crippen LogP contribution in [0.2, 0.25) is 0 Å². The molecule has 0 saturated heterocycles. The van der Waals surface area contributed by atoms with Crippen LogP contribution in [0.4, 0.5) is 11.4 Å². The largest absolute Gasteiger partial charge is 0.312 e. The topological polar surface area (TPSA) is 76.3 Å². The van der Waals surface area contributed by atoms with Crippen molar-refractivity contribution in [1.29, 1.82) is 0 Å².